The molecule has 2 aliphatic heterocycles. The second-order valence-electron chi connectivity index (χ2n) is 7.44. The number of sulfonamides is 1. The minimum absolute atomic E-state index is 0.0983. The van der Waals surface area contributed by atoms with Crippen LogP contribution in [0, 0.1) is 11.8 Å². The molecule has 1 aliphatic carbocycles. The third-order valence-electron chi connectivity index (χ3n) is 5.39. The molecule has 148 valence electrons. The van der Waals surface area contributed by atoms with Gasteiger partial charge in [-0.3, -0.25) is 4.72 Å². The Morgan fingerprint density at radius 3 is 2.64 bits per heavy atom. The van der Waals surface area contributed by atoms with Crippen LogP contribution in [0.25, 0.3) is 0 Å². The first kappa shape index (κ1) is 19.1. The van der Waals surface area contributed by atoms with E-state index in [2.05, 4.69) is 16.7 Å². The lowest BCUT2D eigenvalue weighted by molar-refractivity contribution is -0.534. The van der Waals surface area contributed by atoms with Gasteiger partial charge in [0.25, 0.3) is 10.0 Å². The fraction of sp³-hybridized carbons (Fsp3) is 0.429. The smallest absolute Gasteiger partial charge is 0.261 e. The van der Waals surface area contributed by atoms with Crippen LogP contribution < -0.4 is 4.72 Å². The van der Waals surface area contributed by atoms with Crippen LogP contribution in [0.4, 0.5) is 5.69 Å². The van der Waals surface area contributed by atoms with Crippen molar-refractivity contribution < 1.29 is 17.8 Å². The number of ether oxygens (including phenoxy) is 1. The Balaban J connectivity index is 1.46. The summed E-state index contributed by atoms with van der Waals surface area (Å²) < 4.78 is 35.6. The molecular formula is C21H26N3O3S+. The van der Waals surface area contributed by atoms with E-state index in [0.717, 1.165) is 44.7 Å². The fourth-order valence-electron chi connectivity index (χ4n) is 3.68. The quantitative estimate of drug-likeness (QED) is 0.747. The van der Waals surface area contributed by atoms with Crippen molar-refractivity contribution in [1.82, 2.24) is 0 Å². The first-order valence-electron chi connectivity index (χ1n) is 9.83. The predicted molar refractivity (Wildman–Crippen MR) is 111 cm³/mol. The van der Waals surface area contributed by atoms with E-state index in [1.165, 1.54) is 5.56 Å². The number of allylic oxidation sites excluding steroid dienone is 3. The summed E-state index contributed by atoms with van der Waals surface area (Å²) in [6.07, 6.45) is 10.2. The van der Waals surface area contributed by atoms with E-state index in [1.807, 2.05) is 23.0 Å². The van der Waals surface area contributed by atoms with Gasteiger partial charge in [0, 0.05) is 24.8 Å². The standard InChI is InChI=1S/C21H26N3O3S/c1-2-16-3-5-19(6-4-16)23-28(25,26)20-7-8-21-18(13-20)15-24(22-21)14-17-9-11-27-12-10-17/h3-8,13,15,17-18,23H,2,9-12,14H2,1H3/q+1. The Kier molecular flexibility index (Phi) is 5.46. The summed E-state index contributed by atoms with van der Waals surface area (Å²) in [6.45, 7) is 4.55. The van der Waals surface area contributed by atoms with Crippen LogP contribution >= 0.6 is 0 Å². The lowest BCUT2D eigenvalue weighted by atomic mass is 10.00. The summed E-state index contributed by atoms with van der Waals surface area (Å²) in [5.41, 5.74) is 2.63. The van der Waals surface area contributed by atoms with Crippen LogP contribution in [0.3, 0.4) is 0 Å². The van der Waals surface area contributed by atoms with Gasteiger partial charge in [0.2, 0.25) is 0 Å². The van der Waals surface area contributed by atoms with E-state index in [9.17, 15) is 8.42 Å². The number of fused-ring (bicyclic) bond motifs is 1. The van der Waals surface area contributed by atoms with Crippen molar-refractivity contribution in [2.24, 2.45) is 16.9 Å². The maximum absolute atomic E-state index is 12.8. The molecule has 7 heteroatoms. The first-order valence-corrected chi connectivity index (χ1v) is 11.3. The van der Waals surface area contributed by atoms with Crippen LogP contribution in [0.1, 0.15) is 25.3 Å². The van der Waals surface area contributed by atoms with E-state index in [-0.39, 0.29) is 10.8 Å². The Hall–Kier alpha value is -2.25. The van der Waals surface area contributed by atoms with E-state index in [1.54, 1.807) is 30.4 Å². The van der Waals surface area contributed by atoms with Crippen molar-refractivity contribution in [2.45, 2.75) is 26.2 Å². The number of hydrazone groups is 1. The van der Waals surface area contributed by atoms with Crippen molar-refractivity contribution >= 4 is 27.6 Å². The van der Waals surface area contributed by atoms with Gasteiger partial charge in [-0.05, 0) is 60.3 Å². The molecule has 0 radical (unpaired) electrons. The average Bonchev–Trinajstić information content (AvgIpc) is 3.10. The van der Waals surface area contributed by atoms with Crippen LogP contribution in [0.15, 0.2) is 52.5 Å². The van der Waals surface area contributed by atoms with E-state index in [0.29, 0.717) is 11.6 Å². The summed E-state index contributed by atoms with van der Waals surface area (Å²) >= 11 is 0. The molecule has 0 amide bonds. The van der Waals surface area contributed by atoms with Crippen molar-refractivity contribution in [1.29, 1.82) is 0 Å². The molecule has 1 aromatic rings. The zero-order valence-corrected chi connectivity index (χ0v) is 16.9. The molecule has 1 unspecified atom stereocenters. The highest BCUT2D eigenvalue weighted by Gasteiger charge is 2.32. The number of rotatable bonds is 6. The number of aryl methyl sites for hydroxylation is 1. The number of nitrogens with one attached hydrogen (secondary N) is 1. The Bertz CT molecular complexity index is 953. The number of hydrogen-bond donors (Lipinski definition) is 1. The minimum atomic E-state index is -3.63. The molecular weight excluding hydrogens is 374 g/mol. The van der Waals surface area contributed by atoms with Gasteiger partial charge in [-0.1, -0.05) is 23.7 Å². The molecule has 1 N–H and O–H groups in total. The van der Waals surface area contributed by atoms with Crippen molar-refractivity contribution in [2.75, 3.05) is 24.5 Å². The lowest BCUT2D eigenvalue weighted by Crippen LogP contribution is -2.23. The summed E-state index contributed by atoms with van der Waals surface area (Å²) in [5, 5.41) is 4.63. The Morgan fingerprint density at radius 2 is 1.93 bits per heavy atom. The predicted octanol–water partition coefficient (Wildman–Crippen LogP) is 2.94. The zero-order chi connectivity index (χ0) is 19.6. The van der Waals surface area contributed by atoms with Gasteiger partial charge in [0.1, 0.15) is 11.6 Å². The highest BCUT2D eigenvalue weighted by molar-refractivity contribution is 7.96. The molecule has 2 heterocycles. The zero-order valence-electron chi connectivity index (χ0n) is 16.0. The van der Waals surface area contributed by atoms with Gasteiger partial charge < -0.3 is 4.74 Å². The molecule has 6 nitrogen and oxygen atoms in total. The summed E-state index contributed by atoms with van der Waals surface area (Å²) in [5.74, 6) is 0.470. The molecule has 1 atom stereocenters. The van der Waals surface area contributed by atoms with Gasteiger partial charge in [0.05, 0.1) is 4.91 Å². The molecule has 1 aromatic carbocycles. The normalized spacial score (nSPS) is 22.3. The van der Waals surface area contributed by atoms with Crippen molar-refractivity contribution in [3.8, 4) is 0 Å². The minimum Gasteiger partial charge on any atom is -0.381 e. The molecule has 1 saturated heterocycles. The van der Waals surface area contributed by atoms with Crippen LogP contribution in [0.5, 0.6) is 0 Å². The van der Waals surface area contributed by atoms with E-state index in [4.69, 9.17) is 4.74 Å². The Labute approximate surface area is 166 Å². The van der Waals surface area contributed by atoms with Crippen LogP contribution in [-0.4, -0.2) is 44.8 Å². The molecule has 1 fully saturated rings. The summed E-state index contributed by atoms with van der Waals surface area (Å²) in [6, 6.07) is 7.47. The maximum Gasteiger partial charge on any atom is 0.261 e. The van der Waals surface area contributed by atoms with Crippen LogP contribution in [-0.2, 0) is 21.2 Å². The fourth-order valence-corrected chi connectivity index (χ4v) is 4.82. The summed E-state index contributed by atoms with van der Waals surface area (Å²) in [4.78, 5) is 0.278. The molecule has 28 heavy (non-hydrogen) atoms. The number of anilines is 1. The number of hydrogen-bond acceptors (Lipinski definition) is 4. The van der Waals surface area contributed by atoms with E-state index < -0.39 is 10.0 Å². The monoisotopic (exact) mass is 400 g/mol. The first-order chi connectivity index (χ1) is 13.5. The average molecular weight is 401 g/mol. The van der Waals surface area contributed by atoms with Crippen LogP contribution in [0.2, 0.25) is 0 Å². The molecule has 0 spiro atoms. The van der Waals surface area contributed by atoms with Crippen molar-refractivity contribution in [3.63, 3.8) is 0 Å². The van der Waals surface area contributed by atoms with Gasteiger partial charge in [-0.2, -0.15) is 0 Å². The molecule has 0 aromatic heterocycles. The third kappa shape index (κ3) is 4.25. The largest absolute Gasteiger partial charge is 0.381 e. The maximum atomic E-state index is 12.8. The second kappa shape index (κ2) is 8.01. The number of benzene rings is 1. The molecule has 4 rings (SSSR count). The van der Waals surface area contributed by atoms with Gasteiger partial charge >= 0.3 is 0 Å². The van der Waals surface area contributed by atoms with Crippen molar-refractivity contribution in [3.05, 3.63) is 53.0 Å². The topological polar surface area (TPSA) is 70.8 Å². The SMILES string of the molecule is CCc1ccc(NS(=O)(=O)C2=CC3C=[N+](CC4CCOCC4)N=C3C=C2)cc1. The molecule has 0 saturated carbocycles. The molecule has 3 aliphatic rings. The van der Waals surface area contributed by atoms with Gasteiger partial charge in [-0.25, -0.2) is 8.42 Å². The third-order valence-corrected chi connectivity index (χ3v) is 6.79. The molecule has 0 bridgehead atoms. The van der Waals surface area contributed by atoms with Gasteiger partial charge in [0.15, 0.2) is 12.8 Å². The summed E-state index contributed by atoms with van der Waals surface area (Å²) in [7, 11) is -3.63. The van der Waals surface area contributed by atoms with E-state index >= 15 is 0 Å². The number of nitrogens with zero attached hydrogens (tertiary/aromatic N) is 2. The highest BCUT2D eigenvalue weighted by atomic mass is 32.2. The van der Waals surface area contributed by atoms with Gasteiger partial charge in [-0.15, -0.1) is 0 Å². The Morgan fingerprint density at radius 1 is 1.18 bits per heavy atom. The lowest BCUT2D eigenvalue weighted by Gasteiger charge is -2.18. The second-order valence-corrected chi connectivity index (χ2v) is 9.12. The highest BCUT2D eigenvalue weighted by Crippen LogP contribution is 2.24.